The van der Waals surface area contributed by atoms with Crippen molar-refractivity contribution in [2.24, 2.45) is 5.92 Å². The highest BCUT2D eigenvalue weighted by Gasteiger charge is 2.48. The Morgan fingerprint density at radius 2 is 1.76 bits per heavy atom. The molecule has 0 amide bonds. The van der Waals surface area contributed by atoms with Crippen molar-refractivity contribution in [1.29, 1.82) is 0 Å². The molecule has 0 aliphatic rings. The van der Waals surface area contributed by atoms with Gasteiger partial charge in [0.05, 0.1) is 4.90 Å². The predicted molar refractivity (Wildman–Crippen MR) is 71.8 cm³/mol. The maximum atomic E-state index is 12.6. The molecule has 0 aliphatic carbocycles. The number of aliphatic carboxylic acids is 1. The van der Waals surface area contributed by atoms with Crippen LogP contribution in [0.5, 0.6) is 0 Å². The summed E-state index contributed by atoms with van der Waals surface area (Å²) >= 11 is 0.596. The number of hydrogen-bond donors (Lipinski definition) is 1. The number of hydrogen-bond acceptors (Lipinski definition) is 4. The molecular formula is C12H13F3O4S2. The summed E-state index contributed by atoms with van der Waals surface area (Å²) < 4.78 is 60.9. The van der Waals surface area contributed by atoms with Crippen molar-refractivity contribution >= 4 is 27.6 Å². The van der Waals surface area contributed by atoms with Crippen LogP contribution in [0.1, 0.15) is 13.8 Å². The fourth-order valence-corrected chi connectivity index (χ4v) is 3.80. The second-order valence-electron chi connectivity index (χ2n) is 4.52. The fraction of sp³-hybridized carbons (Fsp3) is 0.417. The summed E-state index contributed by atoms with van der Waals surface area (Å²) in [6.45, 7) is 3.18. The van der Waals surface area contributed by atoms with E-state index in [1.54, 1.807) is 13.8 Å². The topological polar surface area (TPSA) is 71.4 Å². The molecule has 0 fully saturated rings. The SMILES string of the molecule is CC(C)C(Sc1ccccc1S(=O)(=O)C(F)(F)F)C(=O)O. The van der Waals surface area contributed by atoms with E-state index in [-0.39, 0.29) is 10.8 Å². The van der Waals surface area contributed by atoms with Gasteiger partial charge >= 0.3 is 11.5 Å². The molecule has 0 spiro atoms. The molecule has 21 heavy (non-hydrogen) atoms. The van der Waals surface area contributed by atoms with Gasteiger partial charge in [0.15, 0.2) is 0 Å². The molecule has 0 aromatic heterocycles. The molecule has 9 heteroatoms. The molecule has 1 rings (SSSR count). The van der Waals surface area contributed by atoms with Crippen molar-refractivity contribution in [3.63, 3.8) is 0 Å². The second-order valence-corrected chi connectivity index (χ2v) is 7.61. The van der Waals surface area contributed by atoms with Gasteiger partial charge in [-0.15, -0.1) is 11.8 Å². The van der Waals surface area contributed by atoms with Crippen LogP contribution in [-0.2, 0) is 14.6 Å². The summed E-state index contributed by atoms with van der Waals surface area (Å²) in [5, 5.41) is 8.02. The largest absolute Gasteiger partial charge is 0.501 e. The first-order valence-electron chi connectivity index (χ1n) is 5.78. The first kappa shape index (κ1) is 17.8. The minimum atomic E-state index is -5.52. The zero-order valence-electron chi connectivity index (χ0n) is 11.1. The van der Waals surface area contributed by atoms with Gasteiger partial charge in [-0.3, -0.25) is 4.79 Å². The molecule has 0 saturated heterocycles. The number of alkyl halides is 3. The predicted octanol–water partition coefficient (Wildman–Crippen LogP) is 3.18. The lowest BCUT2D eigenvalue weighted by Gasteiger charge is -2.18. The van der Waals surface area contributed by atoms with E-state index in [9.17, 15) is 26.4 Å². The van der Waals surface area contributed by atoms with Crippen LogP contribution >= 0.6 is 11.8 Å². The van der Waals surface area contributed by atoms with Crippen LogP contribution in [0.25, 0.3) is 0 Å². The van der Waals surface area contributed by atoms with Crippen molar-refractivity contribution < 1.29 is 31.5 Å². The Labute approximate surface area is 124 Å². The summed E-state index contributed by atoms with van der Waals surface area (Å²) in [5.41, 5.74) is -5.43. The number of carbonyl (C=O) groups is 1. The summed E-state index contributed by atoms with van der Waals surface area (Å²) in [5.74, 6) is -1.59. The fourth-order valence-electron chi connectivity index (χ4n) is 1.50. The second kappa shape index (κ2) is 6.27. The van der Waals surface area contributed by atoms with Gasteiger partial charge in [-0.05, 0) is 18.1 Å². The maximum absolute atomic E-state index is 12.6. The minimum absolute atomic E-state index is 0.226. The Kier molecular flexibility index (Phi) is 5.32. The molecule has 4 nitrogen and oxygen atoms in total. The monoisotopic (exact) mass is 342 g/mol. The van der Waals surface area contributed by atoms with Gasteiger partial charge in [0.2, 0.25) is 0 Å². The van der Waals surface area contributed by atoms with E-state index in [4.69, 9.17) is 5.11 Å². The Bertz CT molecular complexity index is 624. The molecular weight excluding hydrogens is 329 g/mol. The summed E-state index contributed by atoms with van der Waals surface area (Å²) in [7, 11) is -5.52. The first-order chi connectivity index (χ1) is 9.48. The number of thioether (sulfide) groups is 1. The Morgan fingerprint density at radius 1 is 1.24 bits per heavy atom. The third-order valence-electron chi connectivity index (χ3n) is 2.55. The van der Waals surface area contributed by atoms with Crippen molar-refractivity contribution in [1.82, 2.24) is 0 Å². The van der Waals surface area contributed by atoms with E-state index in [0.29, 0.717) is 11.8 Å². The lowest BCUT2D eigenvalue weighted by atomic mass is 10.1. The quantitative estimate of drug-likeness (QED) is 0.832. The van der Waals surface area contributed by atoms with Crippen molar-refractivity contribution in [2.75, 3.05) is 0 Å². The summed E-state index contributed by atoms with van der Waals surface area (Å²) in [4.78, 5) is 9.96. The van der Waals surface area contributed by atoms with E-state index in [1.165, 1.54) is 12.1 Å². The minimum Gasteiger partial charge on any atom is -0.480 e. The van der Waals surface area contributed by atoms with Gasteiger partial charge in [-0.1, -0.05) is 26.0 Å². The third-order valence-corrected chi connectivity index (χ3v) is 5.83. The smallest absolute Gasteiger partial charge is 0.480 e. The molecule has 0 saturated carbocycles. The normalized spacial score (nSPS) is 14.2. The van der Waals surface area contributed by atoms with Crippen LogP contribution in [0, 0.1) is 5.92 Å². The van der Waals surface area contributed by atoms with Crippen LogP contribution in [0.15, 0.2) is 34.1 Å². The van der Waals surface area contributed by atoms with Gasteiger partial charge in [-0.2, -0.15) is 13.2 Å². The Balaban J connectivity index is 3.32. The zero-order chi connectivity index (χ0) is 16.4. The van der Waals surface area contributed by atoms with E-state index >= 15 is 0 Å². The van der Waals surface area contributed by atoms with E-state index < -0.39 is 31.5 Å². The molecule has 0 radical (unpaired) electrons. The highest BCUT2D eigenvalue weighted by molar-refractivity contribution is 8.01. The van der Waals surface area contributed by atoms with Crippen molar-refractivity contribution in [2.45, 2.75) is 34.4 Å². The lowest BCUT2D eigenvalue weighted by molar-refractivity contribution is -0.137. The molecule has 0 aliphatic heterocycles. The number of halogens is 3. The van der Waals surface area contributed by atoms with Crippen LogP contribution in [0.3, 0.4) is 0 Å². The van der Waals surface area contributed by atoms with Crippen molar-refractivity contribution in [3.8, 4) is 0 Å². The van der Waals surface area contributed by atoms with Gasteiger partial charge in [0.25, 0.3) is 9.84 Å². The van der Waals surface area contributed by atoms with E-state index in [0.717, 1.165) is 12.1 Å². The first-order valence-corrected chi connectivity index (χ1v) is 8.14. The standard InChI is InChI=1S/C12H13F3O4S2/c1-7(2)10(11(16)17)20-8-5-3-4-6-9(8)21(18,19)12(13,14)15/h3-7,10H,1-2H3,(H,16,17). The van der Waals surface area contributed by atoms with Gasteiger partial charge in [0.1, 0.15) is 5.25 Å². The average molecular weight is 342 g/mol. The summed E-state index contributed by atoms with van der Waals surface area (Å²) in [6.07, 6.45) is 0. The van der Waals surface area contributed by atoms with Crippen LogP contribution in [0.2, 0.25) is 0 Å². The lowest BCUT2D eigenvalue weighted by Crippen LogP contribution is -2.25. The van der Waals surface area contributed by atoms with Gasteiger partial charge in [0, 0.05) is 4.90 Å². The van der Waals surface area contributed by atoms with E-state index in [1.807, 2.05) is 0 Å². The molecule has 1 atom stereocenters. The number of benzene rings is 1. The highest BCUT2D eigenvalue weighted by Crippen LogP contribution is 2.38. The van der Waals surface area contributed by atoms with Gasteiger partial charge < -0.3 is 5.11 Å². The highest BCUT2D eigenvalue weighted by atomic mass is 32.2. The maximum Gasteiger partial charge on any atom is 0.501 e. The Morgan fingerprint density at radius 3 is 2.19 bits per heavy atom. The molecule has 1 aromatic carbocycles. The van der Waals surface area contributed by atoms with Crippen molar-refractivity contribution in [3.05, 3.63) is 24.3 Å². The molecule has 118 valence electrons. The zero-order valence-corrected chi connectivity index (χ0v) is 12.7. The van der Waals surface area contributed by atoms with E-state index in [2.05, 4.69) is 0 Å². The molecule has 1 N–H and O–H groups in total. The number of rotatable bonds is 5. The number of sulfone groups is 1. The third kappa shape index (κ3) is 3.91. The molecule has 0 heterocycles. The number of carboxylic acid groups (broad SMARTS) is 1. The Hall–Kier alpha value is -1.22. The number of carboxylic acids is 1. The summed E-state index contributed by atoms with van der Waals surface area (Å²) in [6, 6.07) is 4.51. The molecule has 1 aromatic rings. The van der Waals surface area contributed by atoms with Gasteiger partial charge in [-0.25, -0.2) is 8.42 Å². The van der Waals surface area contributed by atoms with Crippen LogP contribution in [0.4, 0.5) is 13.2 Å². The average Bonchev–Trinajstić information content (AvgIpc) is 2.34. The van der Waals surface area contributed by atoms with Crippen LogP contribution in [-0.4, -0.2) is 30.3 Å². The van der Waals surface area contributed by atoms with Crippen LogP contribution < -0.4 is 0 Å². The molecule has 0 bridgehead atoms. The molecule has 1 unspecified atom stereocenters.